The van der Waals surface area contributed by atoms with Gasteiger partial charge in [0.25, 0.3) is 5.69 Å². The number of halogens is 1. The fraction of sp³-hybridized carbons (Fsp3) is 0.182. The molecule has 1 N–H and O–H groups in total. The average molecular weight is 315 g/mol. The molecule has 0 aliphatic heterocycles. The van der Waals surface area contributed by atoms with E-state index >= 15 is 0 Å². The first kappa shape index (κ1) is 14.2. The van der Waals surface area contributed by atoms with Crippen molar-refractivity contribution in [1.82, 2.24) is 4.90 Å². The van der Waals surface area contributed by atoms with Crippen LogP contribution < -0.4 is 0 Å². The Hall–Kier alpha value is -1.89. The summed E-state index contributed by atoms with van der Waals surface area (Å²) < 4.78 is 0.368. The largest absolute Gasteiger partial charge is 0.478 e. The first-order valence-electron chi connectivity index (χ1n) is 4.88. The van der Waals surface area contributed by atoms with Gasteiger partial charge in [-0.1, -0.05) is 0 Å². The second-order valence-corrected chi connectivity index (χ2v) is 4.59. The van der Waals surface area contributed by atoms with E-state index in [0.29, 0.717) is 10.0 Å². The molecule has 0 atom stereocenters. The summed E-state index contributed by atoms with van der Waals surface area (Å²) in [4.78, 5) is 22.9. The summed E-state index contributed by atoms with van der Waals surface area (Å²) in [7, 11) is 3.56. The van der Waals surface area contributed by atoms with Crippen LogP contribution >= 0.6 is 15.9 Å². The number of aromatic carboxylic acids is 1. The summed E-state index contributed by atoms with van der Waals surface area (Å²) >= 11 is 3.15. The monoisotopic (exact) mass is 314 g/mol. The van der Waals surface area contributed by atoms with E-state index in [4.69, 9.17) is 5.11 Å². The van der Waals surface area contributed by atoms with Crippen LogP contribution in [-0.2, 0) is 0 Å². The molecule has 0 saturated heterocycles. The zero-order valence-corrected chi connectivity index (χ0v) is 11.3. The van der Waals surface area contributed by atoms with Crippen molar-refractivity contribution < 1.29 is 14.8 Å². The van der Waals surface area contributed by atoms with E-state index in [2.05, 4.69) is 15.9 Å². The van der Waals surface area contributed by atoms with Crippen LogP contribution in [0.2, 0.25) is 0 Å². The van der Waals surface area contributed by atoms with Crippen LogP contribution in [0.4, 0.5) is 5.69 Å². The molecule has 1 rings (SSSR count). The predicted octanol–water partition coefficient (Wildman–Crippen LogP) is 2.59. The van der Waals surface area contributed by atoms with Gasteiger partial charge < -0.3 is 10.0 Å². The van der Waals surface area contributed by atoms with Crippen molar-refractivity contribution in [2.24, 2.45) is 0 Å². The molecule has 0 fully saturated rings. The zero-order chi connectivity index (χ0) is 13.9. The summed E-state index contributed by atoms with van der Waals surface area (Å²) in [5.41, 5.74) is -0.0471. The Morgan fingerprint density at radius 1 is 1.50 bits per heavy atom. The number of hydrogen-bond acceptors (Lipinski definition) is 4. The van der Waals surface area contributed by atoms with Crippen molar-refractivity contribution in [1.29, 1.82) is 0 Å². The molecule has 0 radical (unpaired) electrons. The van der Waals surface area contributed by atoms with Gasteiger partial charge in [0.2, 0.25) is 0 Å². The maximum absolute atomic E-state index is 10.9. The standard InChI is InChI=1S/C11H11BrN2O4/c1-13(2)4-3-8-9(12)5-7(11(15)16)6-10(8)14(17)18/h3-6H,1-2H3,(H,15,16). The van der Waals surface area contributed by atoms with Crippen LogP contribution in [0.1, 0.15) is 15.9 Å². The zero-order valence-electron chi connectivity index (χ0n) is 9.75. The average Bonchev–Trinajstić information content (AvgIpc) is 2.25. The van der Waals surface area contributed by atoms with Crippen LogP contribution in [0.3, 0.4) is 0 Å². The van der Waals surface area contributed by atoms with Crippen LogP contribution in [0.5, 0.6) is 0 Å². The number of rotatable bonds is 4. The summed E-state index contributed by atoms with van der Waals surface area (Å²) in [6, 6.07) is 2.38. The maximum atomic E-state index is 10.9. The van der Waals surface area contributed by atoms with Crippen LogP contribution in [0, 0.1) is 10.1 Å². The quantitative estimate of drug-likeness (QED) is 0.682. The van der Waals surface area contributed by atoms with Gasteiger partial charge in [-0.3, -0.25) is 10.1 Å². The van der Waals surface area contributed by atoms with E-state index in [1.165, 1.54) is 6.07 Å². The molecule has 0 aromatic heterocycles. The van der Waals surface area contributed by atoms with Gasteiger partial charge in [0.1, 0.15) is 0 Å². The van der Waals surface area contributed by atoms with Gasteiger partial charge in [0, 0.05) is 24.6 Å². The van der Waals surface area contributed by atoms with Gasteiger partial charge >= 0.3 is 5.97 Å². The van der Waals surface area contributed by atoms with E-state index in [9.17, 15) is 14.9 Å². The smallest absolute Gasteiger partial charge is 0.335 e. The second-order valence-electron chi connectivity index (χ2n) is 3.73. The van der Waals surface area contributed by atoms with Gasteiger partial charge in [-0.15, -0.1) is 0 Å². The van der Waals surface area contributed by atoms with Crippen molar-refractivity contribution in [2.45, 2.75) is 0 Å². The number of benzene rings is 1. The highest BCUT2D eigenvalue weighted by molar-refractivity contribution is 9.10. The van der Waals surface area contributed by atoms with Gasteiger partial charge in [0.05, 0.1) is 16.1 Å². The minimum atomic E-state index is -1.21. The van der Waals surface area contributed by atoms with Crippen molar-refractivity contribution in [3.63, 3.8) is 0 Å². The lowest BCUT2D eigenvalue weighted by Crippen LogP contribution is -2.02. The number of carbonyl (C=O) groups is 1. The molecule has 96 valence electrons. The molecule has 0 saturated carbocycles. The van der Waals surface area contributed by atoms with Crippen molar-refractivity contribution in [2.75, 3.05) is 14.1 Å². The number of carboxylic acid groups (broad SMARTS) is 1. The van der Waals surface area contributed by atoms with Gasteiger partial charge in [0.15, 0.2) is 0 Å². The van der Waals surface area contributed by atoms with Crippen LogP contribution in [0.25, 0.3) is 6.08 Å². The first-order chi connectivity index (χ1) is 8.32. The summed E-state index contributed by atoms with van der Waals surface area (Å²) in [6.45, 7) is 0. The number of nitrogens with zero attached hydrogens (tertiary/aromatic N) is 2. The Kier molecular flexibility index (Phi) is 4.43. The Balaban J connectivity index is 3.41. The third-order valence-corrected chi connectivity index (χ3v) is 2.75. The van der Waals surface area contributed by atoms with Crippen LogP contribution in [-0.4, -0.2) is 35.0 Å². The summed E-state index contributed by atoms with van der Waals surface area (Å²) in [5.74, 6) is -1.21. The predicted molar refractivity (Wildman–Crippen MR) is 70.5 cm³/mol. The third-order valence-electron chi connectivity index (χ3n) is 2.09. The highest BCUT2D eigenvalue weighted by Crippen LogP contribution is 2.30. The molecule has 0 unspecified atom stereocenters. The SMILES string of the molecule is CN(C)C=Cc1c(Br)cc(C(=O)O)cc1[N+](=O)[O-]. The lowest BCUT2D eigenvalue weighted by atomic mass is 10.1. The fourth-order valence-corrected chi connectivity index (χ4v) is 1.85. The number of nitro groups is 1. The normalized spacial score (nSPS) is 10.6. The Bertz CT molecular complexity index is 526. The molecule has 0 bridgehead atoms. The molecular weight excluding hydrogens is 304 g/mol. The topological polar surface area (TPSA) is 83.7 Å². The molecule has 0 aliphatic carbocycles. The second kappa shape index (κ2) is 5.63. The lowest BCUT2D eigenvalue weighted by molar-refractivity contribution is -0.385. The highest BCUT2D eigenvalue weighted by atomic mass is 79.9. The van der Waals surface area contributed by atoms with Gasteiger partial charge in [-0.2, -0.15) is 0 Å². The van der Waals surface area contributed by atoms with E-state index in [-0.39, 0.29) is 11.3 Å². The molecule has 18 heavy (non-hydrogen) atoms. The molecule has 0 heterocycles. The molecular formula is C11H11BrN2O4. The Morgan fingerprint density at radius 3 is 2.56 bits per heavy atom. The Labute approximate surface area is 112 Å². The van der Waals surface area contributed by atoms with Gasteiger partial charge in [-0.05, 0) is 34.3 Å². The summed E-state index contributed by atoms with van der Waals surface area (Å²) in [6.07, 6.45) is 3.20. The molecule has 6 nitrogen and oxygen atoms in total. The minimum Gasteiger partial charge on any atom is -0.478 e. The molecule has 1 aromatic carbocycles. The molecule has 7 heteroatoms. The number of hydrogen-bond donors (Lipinski definition) is 1. The van der Waals surface area contributed by atoms with Crippen molar-refractivity contribution >= 4 is 33.7 Å². The first-order valence-corrected chi connectivity index (χ1v) is 5.68. The van der Waals surface area contributed by atoms with Gasteiger partial charge in [-0.25, -0.2) is 4.79 Å². The Morgan fingerprint density at radius 2 is 2.11 bits per heavy atom. The van der Waals surface area contributed by atoms with Crippen molar-refractivity contribution in [3.8, 4) is 0 Å². The third kappa shape index (κ3) is 3.30. The lowest BCUT2D eigenvalue weighted by Gasteiger charge is -2.06. The van der Waals surface area contributed by atoms with Crippen molar-refractivity contribution in [3.05, 3.63) is 44.0 Å². The highest BCUT2D eigenvalue weighted by Gasteiger charge is 2.19. The number of carboxylic acids is 1. The minimum absolute atomic E-state index is 0.129. The molecule has 0 spiro atoms. The fourth-order valence-electron chi connectivity index (χ4n) is 1.27. The van der Waals surface area contributed by atoms with E-state index in [1.54, 1.807) is 31.3 Å². The molecule has 0 amide bonds. The number of nitro benzene ring substituents is 1. The summed E-state index contributed by atoms with van der Waals surface area (Å²) in [5, 5.41) is 19.8. The van der Waals surface area contributed by atoms with E-state index in [0.717, 1.165) is 6.07 Å². The molecule has 1 aromatic rings. The van der Waals surface area contributed by atoms with E-state index < -0.39 is 10.9 Å². The molecule has 0 aliphatic rings. The van der Waals surface area contributed by atoms with Crippen LogP contribution in [0.15, 0.2) is 22.8 Å². The van der Waals surface area contributed by atoms with E-state index in [1.807, 2.05) is 0 Å². The maximum Gasteiger partial charge on any atom is 0.335 e.